The number of fused-ring (bicyclic) bond motifs is 1. The highest BCUT2D eigenvalue weighted by Crippen LogP contribution is 2.20. The Balaban J connectivity index is 0.000000212. The summed E-state index contributed by atoms with van der Waals surface area (Å²) in [7, 11) is -0.718. The molecule has 160 valence electrons. The van der Waals surface area contributed by atoms with E-state index in [-0.39, 0.29) is 11.7 Å². The highest BCUT2D eigenvalue weighted by molar-refractivity contribution is 7.90. The third-order valence-electron chi connectivity index (χ3n) is 5.29. The molecule has 0 spiro atoms. The van der Waals surface area contributed by atoms with Gasteiger partial charge in [0.25, 0.3) is 0 Å². The maximum atomic E-state index is 11.1. The second-order valence-corrected chi connectivity index (χ2v) is 10.1. The van der Waals surface area contributed by atoms with Gasteiger partial charge in [0.1, 0.15) is 9.84 Å². The van der Waals surface area contributed by atoms with E-state index in [0.29, 0.717) is 6.42 Å². The Morgan fingerprint density at radius 2 is 1.76 bits per heavy atom. The number of hydrogen-bond acceptors (Lipinski definition) is 4. The average Bonchev–Trinajstić information content (AvgIpc) is 2.67. The number of sulfone groups is 1. The number of nitrogens with two attached hydrogens (primary N) is 2. The number of piperidine rings is 1. The monoisotopic (exact) mass is 418 g/mol. The van der Waals surface area contributed by atoms with Gasteiger partial charge in [0.05, 0.1) is 5.75 Å². The normalized spacial score (nSPS) is 15.5. The molecule has 0 unspecified atom stereocenters. The lowest BCUT2D eigenvalue weighted by Crippen LogP contribution is -2.30. The Labute approximate surface area is 174 Å². The van der Waals surface area contributed by atoms with Crippen LogP contribution in [0.3, 0.4) is 0 Å². The summed E-state index contributed by atoms with van der Waals surface area (Å²) in [5.74, 6) is 1.24. The number of hydrogen-bond donors (Lipinski definition) is 2. The van der Waals surface area contributed by atoms with Crippen LogP contribution >= 0.6 is 0 Å². The van der Waals surface area contributed by atoms with Crippen molar-refractivity contribution in [3.8, 4) is 0 Å². The molecule has 3 rings (SSSR count). The first-order chi connectivity index (χ1) is 13.7. The first-order valence-electron chi connectivity index (χ1n) is 10.1. The van der Waals surface area contributed by atoms with Gasteiger partial charge in [-0.15, -0.1) is 0 Å². The van der Waals surface area contributed by atoms with Crippen molar-refractivity contribution in [1.82, 2.24) is 4.90 Å². The van der Waals surface area contributed by atoms with E-state index >= 15 is 0 Å². The molecule has 0 amide bonds. The number of aryl methyl sites for hydroxylation is 1. The molecule has 1 heterocycles. The maximum absolute atomic E-state index is 11.1. The first kappa shape index (κ1) is 23.2. The number of guanidine groups is 1. The van der Waals surface area contributed by atoms with Gasteiger partial charge < -0.3 is 16.4 Å². The fraction of sp³-hybridized carbons (Fsp3) is 0.500. The highest BCUT2D eigenvalue weighted by Gasteiger charge is 2.15. The van der Waals surface area contributed by atoms with E-state index in [1.165, 1.54) is 32.2 Å². The second-order valence-electron chi connectivity index (χ2n) is 7.86. The predicted octanol–water partition coefficient (Wildman–Crippen LogP) is 2.42. The molecule has 1 fully saturated rings. The molecular formula is C22H34N4O2S. The summed E-state index contributed by atoms with van der Waals surface area (Å²) in [6.45, 7) is 3.22. The van der Waals surface area contributed by atoms with E-state index in [9.17, 15) is 8.42 Å². The largest absolute Gasteiger partial charge is 0.370 e. The van der Waals surface area contributed by atoms with E-state index in [4.69, 9.17) is 11.5 Å². The van der Waals surface area contributed by atoms with E-state index < -0.39 is 9.84 Å². The van der Waals surface area contributed by atoms with Gasteiger partial charge in [-0.05, 0) is 68.1 Å². The van der Waals surface area contributed by atoms with Crippen LogP contribution in [-0.4, -0.2) is 58.0 Å². The van der Waals surface area contributed by atoms with Crippen molar-refractivity contribution in [2.75, 3.05) is 38.7 Å². The number of likely N-dealkylation sites (tertiary alicyclic amines) is 1. The van der Waals surface area contributed by atoms with E-state index in [2.05, 4.69) is 16.9 Å². The van der Waals surface area contributed by atoms with Crippen LogP contribution in [0, 0.1) is 5.92 Å². The van der Waals surface area contributed by atoms with Gasteiger partial charge in [0.15, 0.2) is 5.96 Å². The molecule has 0 bridgehead atoms. The van der Waals surface area contributed by atoms with Crippen molar-refractivity contribution >= 4 is 26.6 Å². The van der Waals surface area contributed by atoms with Crippen LogP contribution in [-0.2, 0) is 16.3 Å². The number of rotatable bonds is 6. The van der Waals surface area contributed by atoms with Crippen LogP contribution in [0.2, 0.25) is 0 Å². The van der Waals surface area contributed by atoms with E-state index in [1.54, 1.807) is 0 Å². The molecule has 2 aromatic rings. The molecule has 1 aliphatic rings. The van der Waals surface area contributed by atoms with Gasteiger partial charge in [-0.2, -0.15) is 0 Å². The fourth-order valence-electron chi connectivity index (χ4n) is 3.53. The van der Waals surface area contributed by atoms with Crippen LogP contribution in [0.1, 0.15) is 24.8 Å². The van der Waals surface area contributed by atoms with Crippen LogP contribution in [0.5, 0.6) is 0 Å². The Hall–Kier alpha value is -2.12. The topological polar surface area (TPSA) is 102 Å². The third kappa shape index (κ3) is 8.83. The number of nitrogens with zero attached hydrogens (tertiary/aromatic N) is 2. The van der Waals surface area contributed by atoms with Gasteiger partial charge in [0.2, 0.25) is 0 Å². The Kier molecular flexibility index (Phi) is 8.92. The maximum Gasteiger partial charge on any atom is 0.185 e. The molecule has 1 saturated heterocycles. The zero-order valence-electron chi connectivity index (χ0n) is 17.5. The molecule has 0 radical (unpaired) electrons. The average molecular weight is 419 g/mol. The van der Waals surface area contributed by atoms with Crippen molar-refractivity contribution in [3.05, 3.63) is 48.0 Å². The van der Waals surface area contributed by atoms with Crippen molar-refractivity contribution in [2.45, 2.75) is 25.7 Å². The van der Waals surface area contributed by atoms with Crippen LogP contribution in [0.15, 0.2) is 47.5 Å². The molecule has 2 aromatic carbocycles. The highest BCUT2D eigenvalue weighted by atomic mass is 32.2. The molecule has 0 aromatic heterocycles. The minimum absolute atomic E-state index is 0.209. The quantitative estimate of drug-likeness (QED) is 0.554. The van der Waals surface area contributed by atoms with Gasteiger partial charge in [0, 0.05) is 12.8 Å². The lowest BCUT2D eigenvalue weighted by atomic mass is 9.94. The summed E-state index contributed by atoms with van der Waals surface area (Å²) in [4.78, 5) is 6.37. The van der Waals surface area contributed by atoms with Crippen LogP contribution in [0.4, 0.5) is 0 Å². The molecular weight excluding hydrogens is 384 g/mol. The molecule has 0 aliphatic carbocycles. The SMILES string of the molecule is CN1CCC(CCN=C(N)N)CC1.CS(=O)(=O)CCc1cccc2ccccc12. The Morgan fingerprint density at radius 3 is 2.41 bits per heavy atom. The summed E-state index contributed by atoms with van der Waals surface area (Å²) in [6, 6.07) is 14.0. The number of benzene rings is 2. The summed E-state index contributed by atoms with van der Waals surface area (Å²) in [5, 5.41) is 2.31. The van der Waals surface area contributed by atoms with Gasteiger partial charge in [-0.3, -0.25) is 4.99 Å². The van der Waals surface area contributed by atoms with Gasteiger partial charge >= 0.3 is 0 Å². The van der Waals surface area contributed by atoms with Crippen LogP contribution in [0.25, 0.3) is 10.8 Å². The molecule has 0 atom stereocenters. The zero-order valence-corrected chi connectivity index (χ0v) is 18.4. The third-order valence-corrected chi connectivity index (χ3v) is 6.24. The van der Waals surface area contributed by atoms with E-state index in [1.807, 2.05) is 42.5 Å². The molecule has 1 aliphatic heterocycles. The molecule has 29 heavy (non-hydrogen) atoms. The second kappa shape index (κ2) is 11.2. The van der Waals surface area contributed by atoms with Crippen molar-refractivity contribution in [3.63, 3.8) is 0 Å². The summed E-state index contributed by atoms with van der Waals surface area (Å²) in [6.07, 6.45) is 5.57. The van der Waals surface area contributed by atoms with Crippen molar-refractivity contribution in [1.29, 1.82) is 0 Å². The molecule has 0 saturated carbocycles. The standard InChI is InChI=1S/C13H14O2S.C9H20N4/c1-16(14,15)10-9-12-7-4-6-11-5-2-3-8-13(11)12;1-13-6-3-8(4-7-13)2-5-12-9(10)11/h2-8H,9-10H2,1H3;8H,2-7H2,1H3,(H4,10,11,12). The van der Waals surface area contributed by atoms with Gasteiger partial charge in [-0.25, -0.2) is 8.42 Å². The lowest BCUT2D eigenvalue weighted by Gasteiger charge is -2.28. The predicted molar refractivity (Wildman–Crippen MR) is 123 cm³/mol. The molecule has 6 nitrogen and oxygen atoms in total. The lowest BCUT2D eigenvalue weighted by molar-refractivity contribution is 0.214. The molecule has 7 heteroatoms. The van der Waals surface area contributed by atoms with Crippen LogP contribution < -0.4 is 11.5 Å². The van der Waals surface area contributed by atoms with E-state index in [0.717, 1.165) is 35.2 Å². The van der Waals surface area contributed by atoms with Crippen molar-refractivity contribution in [2.24, 2.45) is 22.4 Å². The first-order valence-corrected chi connectivity index (χ1v) is 12.2. The van der Waals surface area contributed by atoms with Gasteiger partial charge in [-0.1, -0.05) is 42.5 Å². The minimum atomic E-state index is -2.89. The molecule has 4 N–H and O–H groups in total. The zero-order chi connectivity index (χ0) is 21.3. The summed E-state index contributed by atoms with van der Waals surface area (Å²) >= 11 is 0. The smallest absolute Gasteiger partial charge is 0.185 e. The minimum Gasteiger partial charge on any atom is -0.370 e. The number of aliphatic imine (C=N–C) groups is 1. The Morgan fingerprint density at radius 1 is 1.10 bits per heavy atom. The van der Waals surface area contributed by atoms with Crippen molar-refractivity contribution < 1.29 is 8.42 Å². The summed E-state index contributed by atoms with van der Waals surface area (Å²) in [5.41, 5.74) is 11.6. The summed E-state index contributed by atoms with van der Waals surface area (Å²) < 4.78 is 22.3. The fourth-order valence-corrected chi connectivity index (χ4v) is 4.12. The Bertz CT molecular complexity index is 895.